The van der Waals surface area contributed by atoms with E-state index in [0.29, 0.717) is 23.3 Å². The minimum atomic E-state index is -2.76. The second-order valence-corrected chi connectivity index (χ2v) is 10.5. The average Bonchev–Trinajstić information content (AvgIpc) is 2.67. The van der Waals surface area contributed by atoms with Crippen molar-refractivity contribution in [3.63, 3.8) is 0 Å². The Kier molecular flexibility index (Phi) is 7.36. The van der Waals surface area contributed by atoms with Gasteiger partial charge in [0.1, 0.15) is 0 Å². The number of sulfone groups is 1. The standard InChI is InChI=1S/C15H31NO2S2/c1-5-19-9-6-7-13(11-16-15(2,3)4)14-8-10-20(17,18)12-14/h13-14,16H,5-12H2,1-4H3. The summed E-state index contributed by atoms with van der Waals surface area (Å²) < 4.78 is 23.4. The van der Waals surface area contributed by atoms with Crippen molar-refractivity contribution in [1.82, 2.24) is 5.32 Å². The summed E-state index contributed by atoms with van der Waals surface area (Å²) in [4.78, 5) is 0. The molecule has 0 saturated carbocycles. The Labute approximate surface area is 129 Å². The van der Waals surface area contributed by atoms with Crippen molar-refractivity contribution in [2.24, 2.45) is 11.8 Å². The van der Waals surface area contributed by atoms with E-state index in [2.05, 4.69) is 33.0 Å². The van der Waals surface area contributed by atoms with Crippen molar-refractivity contribution in [2.75, 3.05) is 29.6 Å². The van der Waals surface area contributed by atoms with Gasteiger partial charge in [-0.3, -0.25) is 0 Å². The van der Waals surface area contributed by atoms with Crippen LogP contribution in [0.25, 0.3) is 0 Å². The molecule has 1 saturated heterocycles. The Hall–Kier alpha value is 0.260. The molecule has 1 rings (SSSR count). The molecule has 0 aliphatic carbocycles. The van der Waals surface area contributed by atoms with E-state index in [0.717, 1.165) is 19.4 Å². The van der Waals surface area contributed by atoms with Crippen molar-refractivity contribution in [3.05, 3.63) is 0 Å². The summed E-state index contributed by atoms with van der Waals surface area (Å²) in [6.07, 6.45) is 3.21. The summed E-state index contributed by atoms with van der Waals surface area (Å²) in [5.41, 5.74) is 0.105. The Morgan fingerprint density at radius 2 is 2.05 bits per heavy atom. The molecule has 1 aliphatic rings. The van der Waals surface area contributed by atoms with Gasteiger partial charge in [-0.15, -0.1) is 0 Å². The molecule has 20 heavy (non-hydrogen) atoms. The summed E-state index contributed by atoms with van der Waals surface area (Å²) in [6, 6.07) is 0. The Balaban J connectivity index is 2.50. The molecule has 2 atom stereocenters. The molecule has 0 aromatic carbocycles. The van der Waals surface area contributed by atoms with Crippen molar-refractivity contribution >= 4 is 21.6 Å². The van der Waals surface area contributed by atoms with E-state index in [-0.39, 0.29) is 5.54 Å². The summed E-state index contributed by atoms with van der Waals surface area (Å²) in [5.74, 6) is 4.04. The third-order valence-corrected chi connectivity index (χ3v) is 6.68. The molecular formula is C15H31NO2S2. The number of thioether (sulfide) groups is 1. The van der Waals surface area contributed by atoms with Crippen LogP contribution in [0.1, 0.15) is 47.0 Å². The summed E-state index contributed by atoms with van der Waals surface area (Å²) in [6.45, 7) is 9.64. The summed E-state index contributed by atoms with van der Waals surface area (Å²) in [7, 11) is -2.76. The lowest BCUT2D eigenvalue weighted by Gasteiger charge is -2.28. The van der Waals surface area contributed by atoms with Crippen LogP contribution in [0, 0.1) is 11.8 Å². The first-order valence-corrected chi connectivity index (χ1v) is 10.7. The molecule has 0 bridgehead atoms. The molecule has 0 aromatic heterocycles. The highest BCUT2D eigenvalue weighted by Crippen LogP contribution is 2.29. The maximum Gasteiger partial charge on any atom is 0.150 e. The molecule has 1 heterocycles. The number of hydrogen-bond donors (Lipinski definition) is 1. The number of nitrogens with one attached hydrogen (secondary N) is 1. The second kappa shape index (κ2) is 8.04. The SMILES string of the molecule is CCSCCCC(CNC(C)(C)C)C1CCS(=O)(=O)C1. The first-order chi connectivity index (χ1) is 9.23. The minimum absolute atomic E-state index is 0.105. The van der Waals surface area contributed by atoms with Crippen molar-refractivity contribution < 1.29 is 8.42 Å². The molecule has 0 spiro atoms. The Morgan fingerprint density at radius 3 is 2.55 bits per heavy atom. The molecule has 120 valence electrons. The zero-order valence-electron chi connectivity index (χ0n) is 13.4. The van der Waals surface area contributed by atoms with Gasteiger partial charge in [0.15, 0.2) is 9.84 Å². The van der Waals surface area contributed by atoms with Crippen molar-refractivity contribution in [2.45, 2.75) is 52.5 Å². The van der Waals surface area contributed by atoms with E-state index in [1.165, 1.54) is 17.9 Å². The number of rotatable bonds is 8. The largest absolute Gasteiger partial charge is 0.312 e. The molecule has 1 fully saturated rings. The molecule has 3 nitrogen and oxygen atoms in total. The van der Waals surface area contributed by atoms with Gasteiger partial charge in [-0.1, -0.05) is 6.92 Å². The predicted molar refractivity (Wildman–Crippen MR) is 90.2 cm³/mol. The van der Waals surface area contributed by atoms with Gasteiger partial charge in [-0.2, -0.15) is 11.8 Å². The molecule has 5 heteroatoms. The van der Waals surface area contributed by atoms with Gasteiger partial charge in [-0.25, -0.2) is 8.42 Å². The van der Waals surface area contributed by atoms with E-state index < -0.39 is 9.84 Å². The monoisotopic (exact) mass is 321 g/mol. The third-order valence-electron chi connectivity index (χ3n) is 3.90. The lowest BCUT2D eigenvalue weighted by atomic mass is 9.87. The zero-order valence-corrected chi connectivity index (χ0v) is 15.1. The van der Waals surface area contributed by atoms with E-state index in [4.69, 9.17) is 0 Å². The summed E-state index contributed by atoms with van der Waals surface area (Å²) in [5, 5.41) is 3.57. The zero-order chi connectivity index (χ0) is 15.2. The molecule has 0 radical (unpaired) electrons. The van der Waals surface area contributed by atoms with E-state index >= 15 is 0 Å². The van der Waals surface area contributed by atoms with Crippen LogP contribution < -0.4 is 5.32 Å². The highest BCUT2D eigenvalue weighted by molar-refractivity contribution is 7.99. The highest BCUT2D eigenvalue weighted by atomic mass is 32.2. The maximum absolute atomic E-state index is 11.7. The topological polar surface area (TPSA) is 46.2 Å². The van der Waals surface area contributed by atoms with Crippen LogP contribution >= 0.6 is 11.8 Å². The minimum Gasteiger partial charge on any atom is -0.312 e. The van der Waals surface area contributed by atoms with Crippen molar-refractivity contribution in [1.29, 1.82) is 0 Å². The van der Waals surface area contributed by atoms with Gasteiger partial charge in [0.05, 0.1) is 11.5 Å². The lowest BCUT2D eigenvalue weighted by molar-refractivity contribution is 0.288. The fraction of sp³-hybridized carbons (Fsp3) is 1.00. The third kappa shape index (κ3) is 7.32. The maximum atomic E-state index is 11.7. The van der Waals surface area contributed by atoms with E-state index in [9.17, 15) is 8.42 Å². The Bertz CT molecular complexity index is 374. The highest BCUT2D eigenvalue weighted by Gasteiger charge is 2.33. The fourth-order valence-electron chi connectivity index (χ4n) is 2.73. The summed E-state index contributed by atoms with van der Waals surface area (Å²) >= 11 is 1.98. The van der Waals surface area contributed by atoms with Crippen LogP contribution in [-0.2, 0) is 9.84 Å². The molecule has 1 aliphatic heterocycles. The van der Waals surface area contributed by atoms with Gasteiger partial charge in [-0.05, 0) is 69.9 Å². The van der Waals surface area contributed by atoms with Crippen LogP contribution in [-0.4, -0.2) is 43.5 Å². The second-order valence-electron chi connectivity index (χ2n) is 6.89. The van der Waals surface area contributed by atoms with Crippen molar-refractivity contribution in [3.8, 4) is 0 Å². The van der Waals surface area contributed by atoms with Crippen LogP contribution in [0.4, 0.5) is 0 Å². The van der Waals surface area contributed by atoms with Gasteiger partial charge in [0.25, 0.3) is 0 Å². The first kappa shape index (κ1) is 18.3. The van der Waals surface area contributed by atoms with Gasteiger partial charge < -0.3 is 5.32 Å². The smallest absolute Gasteiger partial charge is 0.150 e. The molecule has 2 unspecified atom stereocenters. The fourth-order valence-corrected chi connectivity index (χ4v) is 5.31. The van der Waals surface area contributed by atoms with Gasteiger partial charge >= 0.3 is 0 Å². The van der Waals surface area contributed by atoms with Gasteiger partial charge in [0.2, 0.25) is 0 Å². The van der Waals surface area contributed by atoms with E-state index in [1.807, 2.05) is 11.8 Å². The number of hydrogen-bond acceptors (Lipinski definition) is 4. The van der Waals surface area contributed by atoms with Gasteiger partial charge in [0, 0.05) is 5.54 Å². The Morgan fingerprint density at radius 1 is 1.35 bits per heavy atom. The quantitative estimate of drug-likeness (QED) is 0.698. The normalized spacial score (nSPS) is 23.9. The average molecular weight is 322 g/mol. The van der Waals surface area contributed by atoms with Crippen LogP contribution in [0.5, 0.6) is 0 Å². The first-order valence-electron chi connectivity index (χ1n) is 7.77. The molecule has 1 N–H and O–H groups in total. The predicted octanol–water partition coefficient (Wildman–Crippen LogP) is 2.96. The molecule has 0 amide bonds. The molecule has 0 aromatic rings. The van der Waals surface area contributed by atoms with E-state index in [1.54, 1.807) is 0 Å². The lowest BCUT2D eigenvalue weighted by Crippen LogP contribution is -2.41. The van der Waals surface area contributed by atoms with Crippen LogP contribution in [0.15, 0.2) is 0 Å². The molecular weight excluding hydrogens is 290 g/mol. The van der Waals surface area contributed by atoms with Crippen LogP contribution in [0.3, 0.4) is 0 Å². The van der Waals surface area contributed by atoms with Crippen LogP contribution in [0.2, 0.25) is 0 Å².